The Labute approximate surface area is 126 Å². The lowest BCUT2D eigenvalue weighted by atomic mass is 10.2. The largest absolute Gasteiger partial charge is 0.308 e. The van der Waals surface area contributed by atoms with Crippen LogP contribution in [0.3, 0.4) is 0 Å². The van der Waals surface area contributed by atoms with Gasteiger partial charge in [0.05, 0.1) is 11.9 Å². The molecule has 0 unspecified atom stereocenters. The molecule has 2 aromatic rings. The van der Waals surface area contributed by atoms with Crippen LogP contribution in [0.2, 0.25) is 0 Å². The van der Waals surface area contributed by atoms with E-state index in [4.69, 9.17) is 5.84 Å². The van der Waals surface area contributed by atoms with E-state index in [0.717, 1.165) is 47.2 Å². The molecule has 0 spiro atoms. The number of rotatable bonds is 3. The molecule has 5 nitrogen and oxygen atoms in total. The summed E-state index contributed by atoms with van der Waals surface area (Å²) in [4.78, 5) is 12.6. The minimum atomic E-state index is 0.306. The summed E-state index contributed by atoms with van der Waals surface area (Å²) in [5, 5.41) is 3.01. The predicted molar refractivity (Wildman–Crippen MR) is 87.0 cm³/mol. The van der Waals surface area contributed by atoms with Crippen molar-refractivity contribution in [2.45, 2.75) is 25.1 Å². The van der Waals surface area contributed by atoms with Crippen LogP contribution >= 0.6 is 23.1 Å². The van der Waals surface area contributed by atoms with Gasteiger partial charge in [-0.2, -0.15) is 11.8 Å². The molecule has 3 rings (SSSR count). The number of hydrogen-bond donors (Lipinski definition) is 2. The maximum atomic E-state index is 5.57. The molecular weight excluding hydrogens is 290 g/mol. The summed E-state index contributed by atoms with van der Waals surface area (Å²) in [6, 6.07) is 2.00. The number of thiophene rings is 1. The summed E-state index contributed by atoms with van der Waals surface area (Å²) in [7, 11) is 0. The summed E-state index contributed by atoms with van der Waals surface area (Å²) >= 11 is 3.66. The van der Waals surface area contributed by atoms with Crippen molar-refractivity contribution >= 4 is 39.1 Å². The number of nitrogens with two attached hydrogens (primary N) is 1. The van der Waals surface area contributed by atoms with Gasteiger partial charge in [-0.1, -0.05) is 0 Å². The van der Waals surface area contributed by atoms with Crippen molar-refractivity contribution in [3.8, 4) is 0 Å². The van der Waals surface area contributed by atoms with E-state index in [9.17, 15) is 0 Å². The maximum Gasteiger partial charge on any atom is 0.152 e. The van der Waals surface area contributed by atoms with Crippen molar-refractivity contribution in [1.82, 2.24) is 14.9 Å². The van der Waals surface area contributed by atoms with Gasteiger partial charge in [-0.05, 0) is 25.3 Å². The van der Waals surface area contributed by atoms with Crippen molar-refractivity contribution in [3.63, 3.8) is 0 Å². The summed E-state index contributed by atoms with van der Waals surface area (Å²) in [6.07, 6.45) is 0. The molecule has 1 fully saturated rings. The Bertz CT molecular complexity index is 610. The molecule has 0 saturated carbocycles. The lowest BCUT2D eigenvalue weighted by molar-refractivity contribution is 0.247. The van der Waals surface area contributed by atoms with Gasteiger partial charge in [0.25, 0.3) is 0 Å². The molecule has 0 radical (unpaired) electrons. The van der Waals surface area contributed by atoms with Crippen LogP contribution in [0.15, 0.2) is 11.4 Å². The Balaban J connectivity index is 1.83. The number of nitrogens with zero attached hydrogens (tertiary/aromatic N) is 3. The summed E-state index contributed by atoms with van der Waals surface area (Å²) < 4.78 is 0.306. The van der Waals surface area contributed by atoms with Crippen LogP contribution in [0.25, 0.3) is 10.2 Å². The Kier molecular flexibility index (Phi) is 3.85. The average Bonchev–Trinajstić information content (AvgIpc) is 2.84. The fourth-order valence-corrected chi connectivity index (χ4v) is 4.49. The Morgan fingerprint density at radius 1 is 1.45 bits per heavy atom. The monoisotopic (exact) mass is 309 g/mol. The predicted octanol–water partition coefficient (Wildman–Crippen LogP) is 2.30. The number of fused-ring (bicyclic) bond motifs is 1. The van der Waals surface area contributed by atoms with Gasteiger partial charge < -0.3 is 5.43 Å². The van der Waals surface area contributed by atoms with E-state index >= 15 is 0 Å². The highest BCUT2D eigenvalue weighted by Crippen LogP contribution is 2.30. The number of hydrogen-bond acceptors (Lipinski definition) is 7. The fourth-order valence-electron chi connectivity index (χ4n) is 2.53. The molecule has 2 aromatic heterocycles. The molecule has 1 aliphatic heterocycles. The molecule has 0 amide bonds. The van der Waals surface area contributed by atoms with Crippen molar-refractivity contribution in [3.05, 3.63) is 17.3 Å². The third-order valence-corrected chi connectivity index (χ3v) is 5.48. The first-order valence-corrected chi connectivity index (χ1v) is 8.51. The molecule has 1 aliphatic rings. The van der Waals surface area contributed by atoms with Crippen molar-refractivity contribution < 1.29 is 0 Å². The molecule has 3 N–H and O–H groups in total. The molecule has 1 saturated heterocycles. The molecule has 20 heavy (non-hydrogen) atoms. The zero-order valence-electron chi connectivity index (χ0n) is 11.7. The van der Waals surface area contributed by atoms with Gasteiger partial charge >= 0.3 is 0 Å². The van der Waals surface area contributed by atoms with Gasteiger partial charge in [-0.3, -0.25) is 4.90 Å². The number of thioether (sulfide) groups is 1. The first-order chi connectivity index (χ1) is 9.57. The Hall–Kier alpha value is -0.890. The molecule has 7 heteroatoms. The van der Waals surface area contributed by atoms with Crippen LogP contribution in [-0.4, -0.2) is 38.5 Å². The smallest absolute Gasteiger partial charge is 0.152 e. The van der Waals surface area contributed by atoms with Gasteiger partial charge in [0, 0.05) is 23.6 Å². The number of nitrogens with one attached hydrogen (secondary N) is 1. The van der Waals surface area contributed by atoms with Crippen LogP contribution in [-0.2, 0) is 6.54 Å². The second-order valence-electron chi connectivity index (χ2n) is 5.59. The molecule has 0 bridgehead atoms. The summed E-state index contributed by atoms with van der Waals surface area (Å²) in [5.74, 6) is 8.29. The third kappa shape index (κ3) is 2.90. The van der Waals surface area contributed by atoms with Crippen LogP contribution in [0.4, 0.5) is 5.82 Å². The quantitative estimate of drug-likeness (QED) is 0.670. The van der Waals surface area contributed by atoms with Crippen LogP contribution in [0.5, 0.6) is 0 Å². The Morgan fingerprint density at radius 3 is 3.05 bits per heavy atom. The normalized spacial score (nSPS) is 19.4. The molecule has 0 atom stereocenters. The van der Waals surface area contributed by atoms with Crippen molar-refractivity contribution in [1.29, 1.82) is 0 Å². The highest BCUT2D eigenvalue weighted by Gasteiger charge is 2.27. The van der Waals surface area contributed by atoms with Gasteiger partial charge in [0.15, 0.2) is 5.82 Å². The van der Waals surface area contributed by atoms with E-state index in [0.29, 0.717) is 4.75 Å². The van der Waals surface area contributed by atoms with E-state index in [1.165, 1.54) is 0 Å². The zero-order chi connectivity index (χ0) is 14.2. The van der Waals surface area contributed by atoms with E-state index in [1.807, 2.05) is 23.2 Å². The van der Waals surface area contributed by atoms with E-state index in [1.54, 1.807) is 11.3 Å². The SMILES string of the molecule is CC1(C)CN(Cc2nc(NN)c3ccsc3n2)CCS1. The minimum absolute atomic E-state index is 0.306. The second kappa shape index (κ2) is 5.48. The van der Waals surface area contributed by atoms with Crippen molar-refractivity contribution in [2.75, 3.05) is 24.3 Å². The van der Waals surface area contributed by atoms with E-state index < -0.39 is 0 Å². The number of hydrazine groups is 1. The topological polar surface area (TPSA) is 67.1 Å². The van der Waals surface area contributed by atoms with Crippen LogP contribution in [0.1, 0.15) is 19.7 Å². The summed E-state index contributed by atoms with van der Waals surface area (Å²) in [6.45, 7) is 7.52. The van der Waals surface area contributed by atoms with Crippen molar-refractivity contribution in [2.24, 2.45) is 5.84 Å². The fraction of sp³-hybridized carbons (Fsp3) is 0.538. The zero-order valence-corrected chi connectivity index (χ0v) is 13.4. The molecule has 3 heterocycles. The average molecular weight is 309 g/mol. The first kappa shape index (κ1) is 14.1. The molecular formula is C13H19N5S2. The number of nitrogen functional groups attached to an aromatic ring is 1. The van der Waals surface area contributed by atoms with Crippen LogP contribution in [0, 0.1) is 0 Å². The lowest BCUT2D eigenvalue weighted by Gasteiger charge is -2.37. The highest BCUT2D eigenvalue weighted by atomic mass is 32.2. The van der Waals surface area contributed by atoms with Gasteiger partial charge in [0.2, 0.25) is 0 Å². The van der Waals surface area contributed by atoms with Gasteiger partial charge in [0.1, 0.15) is 10.7 Å². The maximum absolute atomic E-state index is 5.57. The van der Waals surface area contributed by atoms with E-state index in [-0.39, 0.29) is 0 Å². The molecule has 0 aliphatic carbocycles. The number of aromatic nitrogens is 2. The first-order valence-electron chi connectivity index (χ1n) is 6.64. The standard InChI is InChI=1S/C13H19N5S2/c1-13(2)8-18(4-6-20-13)7-10-15-11(17-14)9-3-5-19-12(9)16-10/h3,5H,4,6-8,14H2,1-2H3,(H,15,16,17). The lowest BCUT2D eigenvalue weighted by Crippen LogP contribution is -2.42. The second-order valence-corrected chi connectivity index (χ2v) is 8.29. The van der Waals surface area contributed by atoms with Crippen LogP contribution < -0.4 is 11.3 Å². The highest BCUT2D eigenvalue weighted by molar-refractivity contribution is 8.00. The summed E-state index contributed by atoms with van der Waals surface area (Å²) in [5.41, 5.74) is 2.68. The molecule has 0 aromatic carbocycles. The van der Waals surface area contributed by atoms with Gasteiger partial charge in [-0.25, -0.2) is 15.8 Å². The third-order valence-electron chi connectivity index (χ3n) is 3.38. The van der Waals surface area contributed by atoms with Gasteiger partial charge in [-0.15, -0.1) is 11.3 Å². The van der Waals surface area contributed by atoms with E-state index in [2.05, 4.69) is 34.1 Å². The Morgan fingerprint density at radius 2 is 2.30 bits per heavy atom. The minimum Gasteiger partial charge on any atom is -0.308 e. The number of anilines is 1. The molecule has 108 valence electrons.